The first-order valence-corrected chi connectivity index (χ1v) is 6.80. The summed E-state index contributed by atoms with van der Waals surface area (Å²) < 4.78 is 85.0. The summed E-state index contributed by atoms with van der Waals surface area (Å²) in [6.07, 6.45) is -12.3. The molecule has 0 aromatic rings. The molecule has 0 saturated carbocycles. The average molecular weight is 298 g/mol. The predicted molar refractivity (Wildman–Crippen MR) is 56.6 cm³/mol. The van der Waals surface area contributed by atoms with Gasteiger partial charge in [-0.15, -0.1) is 0 Å². The highest BCUT2D eigenvalue weighted by atomic mass is 28.1. The van der Waals surface area contributed by atoms with Gasteiger partial charge in [-0.05, 0) is 6.42 Å². The van der Waals surface area contributed by atoms with Crippen molar-refractivity contribution >= 4 is 10.2 Å². The van der Waals surface area contributed by atoms with Gasteiger partial charge in [0.1, 0.15) is 0 Å². The maximum absolute atomic E-state index is 12.7. The SMILES string of the molecule is COCCOC(CCC[SiH3])(C(F)(F)F)C(F)(F)F. The predicted octanol–water partition coefficient (Wildman–Crippen LogP) is 2.08. The number of methoxy groups -OCH3 is 1. The highest BCUT2D eigenvalue weighted by Crippen LogP contribution is 2.48. The number of rotatable bonds is 7. The van der Waals surface area contributed by atoms with Crippen LogP contribution in [0.1, 0.15) is 12.8 Å². The summed E-state index contributed by atoms with van der Waals surface area (Å²) in [5, 5.41) is 0. The Morgan fingerprint density at radius 1 is 0.944 bits per heavy atom. The van der Waals surface area contributed by atoms with Crippen LogP contribution in [0, 0.1) is 0 Å². The van der Waals surface area contributed by atoms with Crippen molar-refractivity contribution in [1.29, 1.82) is 0 Å². The fourth-order valence-electron chi connectivity index (χ4n) is 1.40. The second-order valence-corrected chi connectivity index (χ2v) is 4.77. The molecule has 0 aromatic heterocycles. The van der Waals surface area contributed by atoms with Crippen molar-refractivity contribution in [3.8, 4) is 0 Å². The van der Waals surface area contributed by atoms with Crippen LogP contribution in [0.15, 0.2) is 0 Å². The Hall–Kier alpha value is -0.283. The van der Waals surface area contributed by atoms with Gasteiger partial charge in [0.15, 0.2) is 0 Å². The number of ether oxygens (including phenoxy) is 2. The van der Waals surface area contributed by atoms with Crippen LogP contribution in [-0.2, 0) is 9.47 Å². The molecule has 0 amide bonds. The molecule has 0 atom stereocenters. The van der Waals surface area contributed by atoms with E-state index in [2.05, 4.69) is 9.47 Å². The fraction of sp³-hybridized carbons (Fsp3) is 1.00. The first kappa shape index (κ1) is 17.7. The highest BCUT2D eigenvalue weighted by molar-refractivity contribution is 6.08. The number of hydrogen-bond acceptors (Lipinski definition) is 2. The summed E-state index contributed by atoms with van der Waals surface area (Å²) in [5.74, 6) is 0. The molecule has 2 nitrogen and oxygen atoms in total. The average Bonchev–Trinajstić information content (AvgIpc) is 2.19. The Kier molecular flexibility index (Phi) is 6.65. The molecule has 0 unspecified atom stereocenters. The quantitative estimate of drug-likeness (QED) is 0.407. The Morgan fingerprint density at radius 3 is 1.78 bits per heavy atom. The first-order chi connectivity index (χ1) is 8.12. The Labute approximate surface area is 104 Å². The molecule has 9 heteroatoms. The minimum atomic E-state index is -5.49. The maximum atomic E-state index is 12.7. The fourth-order valence-corrected chi connectivity index (χ4v) is 1.76. The number of hydrogen-bond donors (Lipinski definition) is 0. The second kappa shape index (κ2) is 6.76. The molecule has 0 heterocycles. The van der Waals surface area contributed by atoms with E-state index in [0.717, 1.165) is 0 Å². The molecule has 110 valence electrons. The third-order valence-corrected chi connectivity index (χ3v) is 3.14. The molecule has 0 aromatic carbocycles. The largest absolute Gasteiger partial charge is 0.426 e. The van der Waals surface area contributed by atoms with Crippen LogP contribution in [0.25, 0.3) is 0 Å². The summed E-state index contributed by atoms with van der Waals surface area (Å²) in [5.41, 5.74) is -4.08. The minimum absolute atomic E-state index is 0.168. The lowest BCUT2D eigenvalue weighted by molar-refractivity contribution is -0.383. The molecule has 0 aliphatic rings. The standard InChI is InChI=1S/C9H16F6O2Si/c1-16-4-5-17-7(3-2-6-18,8(10,11)12)9(13,14)15/h2-6H2,1,18H3. The molecule has 0 aliphatic carbocycles. The molecular formula is C9H16F6O2Si. The van der Waals surface area contributed by atoms with Crippen LogP contribution in [0.4, 0.5) is 26.3 Å². The van der Waals surface area contributed by atoms with E-state index in [1.807, 2.05) is 0 Å². The molecule has 0 bridgehead atoms. The van der Waals surface area contributed by atoms with Crippen molar-refractivity contribution in [2.24, 2.45) is 0 Å². The highest BCUT2D eigenvalue weighted by Gasteiger charge is 2.71. The molecule has 0 fully saturated rings. The molecule has 0 aliphatic heterocycles. The lowest BCUT2D eigenvalue weighted by Crippen LogP contribution is -2.59. The summed E-state index contributed by atoms with van der Waals surface area (Å²) in [7, 11) is 1.72. The lowest BCUT2D eigenvalue weighted by atomic mass is 9.96. The summed E-state index contributed by atoms with van der Waals surface area (Å²) in [4.78, 5) is 0. The van der Waals surface area contributed by atoms with Crippen molar-refractivity contribution in [1.82, 2.24) is 0 Å². The summed E-state index contributed by atoms with van der Waals surface area (Å²) in [6, 6.07) is 0.349. The van der Waals surface area contributed by atoms with Crippen molar-refractivity contribution in [2.75, 3.05) is 20.3 Å². The second-order valence-electron chi connectivity index (χ2n) is 3.77. The van der Waals surface area contributed by atoms with Gasteiger partial charge >= 0.3 is 12.4 Å². The molecule has 0 radical (unpaired) electrons. The number of halogens is 6. The van der Waals surface area contributed by atoms with E-state index in [4.69, 9.17) is 0 Å². The molecule has 0 N–H and O–H groups in total. The third-order valence-electron chi connectivity index (χ3n) is 2.43. The van der Waals surface area contributed by atoms with Crippen LogP contribution in [0.5, 0.6) is 0 Å². The van der Waals surface area contributed by atoms with Gasteiger partial charge in [-0.2, -0.15) is 26.3 Å². The van der Waals surface area contributed by atoms with Gasteiger partial charge in [-0.25, -0.2) is 0 Å². The maximum Gasteiger partial charge on any atom is 0.426 e. The molecule has 0 spiro atoms. The van der Waals surface area contributed by atoms with Crippen LogP contribution in [-0.4, -0.2) is 48.5 Å². The van der Waals surface area contributed by atoms with Gasteiger partial charge in [0.25, 0.3) is 5.60 Å². The zero-order valence-corrected chi connectivity index (χ0v) is 12.1. The minimum Gasteiger partial charge on any atom is -0.382 e. The van der Waals surface area contributed by atoms with Gasteiger partial charge in [0, 0.05) is 17.4 Å². The van der Waals surface area contributed by atoms with E-state index >= 15 is 0 Å². The van der Waals surface area contributed by atoms with Gasteiger partial charge in [0.2, 0.25) is 0 Å². The van der Waals surface area contributed by atoms with Crippen molar-refractivity contribution < 1.29 is 35.8 Å². The zero-order valence-electron chi connectivity index (χ0n) is 10.1. The van der Waals surface area contributed by atoms with E-state index in [1.54, 1.807) is 0 Å². The topological polar surface area (TPSA) is 18.5 Å². The van der Waals surface area contributed by atoms with Gasteiger partial charge < -0.3 is 9.47 Å². The number of alkyl halides is 6. The molecule has 0 rings (SSSR count). The molecule has 18 heavy (non-hydrogen) atoms. The van der Waals surface area contributed by atoms with E-state index in [0.29, 0.717) is 16.3 Å². The van der Waals surface area contributed by atoms with Gasteiger partial charge in [-0.3, -0.25) is 0 Å². The molecular weight excluding hydrogens is 282 g/mol. The van der Waals surface area contributed by atoms with Gasteiger partial charge in [-0.1, -0.05) is 12.5 Å². The van der Waals surface area contributed by atoms with Crippen LogP contribution >= 0.6 is 0 Å². The van der Waals surface area contributed by atoms with Crippen LogP contribution in [0.3, 0.4) is 0 Å². The van der Waals surface area contributed by atoms with E-state index in [-0.39, 0.29) is 13.0 Å². The van der Waals surface area contributed by atoms with Crippen LogP contribution < -0.4 is 0 Å². The Balaban J connectivity index is 5.15. The summed E-state index contributed by atoms with van der Waals surface area (Å²) >= 11 is 0. The monoisotopic (exact) mass is 298 g/mol. The summed E-state index contributed by atoms with van der Waals surface area (Å²) in [6.45, 7) is -1.08. The van der Waals surface area contributed by atoms with Gasteiger partial charge in [0.05, 0.1) is 13.2 Å². The lowest BCUT2D eigenvalue weighted by Gasteiger charge is -2.37. The normalized spacial score (nSPS) is 14.2. The Morgan fingerprint density at radius 2 is 1.44 bits per heavy atom. The van der Waals surface area contributed by atoms with Crippen molar-refractivity contribution in [2.45, 2.75) is 36.8 Å². The van der Waals surface area contributed by atoms with Crippen molar-refractivity contribution in [3.63, 3.8) is 0 Å². The first-order valence-electron chi connectivity index (χ1n) is 5.38. The zero-order chi connectivity index (χ0) is 14.4. The van der Waals surface area contributed by atoms with E-state index in [9.17, 15) is 26.3 Å². The van der Waals surface area contributed by atoms with Crippen LogP contribution in [0.2, 0.25) is 6.04 Å². The van der Waals surface area contributed by atoms with E-state index < -0.39 is 31.0 Å². The smallest absolute Gasteiger partial charge is 0.382 e. The van der Waals surface area contributed by atoms with E-state index in [1.165, 1.54) is 7.11 Å². The third kappa shape index (κ3) is 4.13. The molecule has 0 saturated heterocycles. The Bertz CT molecular complexity index is 226. The van der Waals surface area contributed by atoms with Crippen molar-refractivity contribution in [3.05, 3.63) is 0 Å².